The van der Waals surface area contributed by atoms with Gasteiger partial charge in [0.15, 0.2) is 5.78 Å². The van der Waals surface area contributed by atoms with Gasteiger partial charge in [0.25, 0.3) is 0 Å². The Hall–Kier alpha value is -1.91. The van der Waals surface area contributed by atoms with Gasteiger partial charge in [-0.2, -0.15) is 0 Å². The number of hydrogen-bond acceptors (Lipinski definition) is 2. The van der Waals surface area contributed by atoms with Crippen molar-refractivity contribution < 1.29 is 19.1 Å². The van der Waals surface area contributed by atoms with Crippen LogP contribution in [0.1, 0.15) is 35.7 Å². The number of rotatable bonds is 5. The molecule has 0 spiro atoms. The maximum absolute atomic E-state index is 13.3. The minimum atomic E-state index is -1.11. The van der Waals surface area contributed by atoms with E-state index in [2.05, 4.69) is 5.32 Å². The molecular weight excluding hydrogens is 237 g/mol. The first-order chi connectivity index (χ1) is 8.41. The monoisotopic (exact) mass is 253 g/mol. The van der Waals surface area contributed by atoms with Gasteiger partial charge < -0.3 is 10.4 Å². The summed E-state index contributed by atoms with van der Waals surface area (Å²) in [4.78, 5) is 22.2. The molecule has 18 heavy (non-hydrogen) atoms. The molecule has 1 aromatic carbocycles. The topological polar surface area (TPSA) is 66.4 Å². The van der Waals surface area contributed by atoms with E-state index in [1.54, 1.807) is 19.9 Å². The molecule has 0 aliphatic rings. The summed E-state index contributed by atoms with van der Waals surface area (Å²) in [6.45, 7) is 3.24. The number of amides is 1. The third-order valence-corrected chi connectivity index (χ3v) is 2.74. The minimum absolute atomic E-state index is 0.175. The maximum atomic E-state index is 13.3. The lowest BCUT2D eigenvalue weighted by atomic mass is 9.99. The molecule has 0 fully saturated rings. The first-order valence-electron chi connectivity index (χ1n) is 5.69. The number of halogens is 1. The van der Waals surface area contributed by atoms with Gasteiger partial charge in [0, 0.05) is 18.0 Å². The number of carboxylic acid groups (broad SMARTS) is 1. The van der Waals surface area contributed by atoms with Crippen LogP contribution in [-0.4, -0.2) is 23.0 Å². The van der Waals surface area contributed by atoms with Gasteiger partial charge in [0.1, 0.15) is 5.82 Å². The Kier molecular flexibility index (Phi) is 4.83. The molecule has 1 amide bonds. The zero-order chi connectivity index (χ0) is 13.7. The van der Waals surface area contributed by atoms with Crippen LogP contribution in [0.25, 0.3) is 0 Å². The van der Waals surface area contributed by atoms with Gasteiger partial charge in [-0.25, -0.2) is 9.18 Å². The number of nitrogens with one attached hydrogen (secondary N) is 1. The van der Waals surface area contributed by atoms with Crippen LogP contribution in [0, 0.1) is 12.7 Å². The molecule has 0 bridgehead atoms. The standard InChI is InChI=1S/C13H16FNO3/c1-8(15-13(17)18)6-7-12(16)10-4-3-5-11(14)9(10)2/h3-5,8,15H,6-7H2,1-2H3,(H,17,18). The van der Waals surface area contributed by atoms with Crippen LogP contribution in [0.2, 0.25) is 0 Å². The summed E-state index contributed by atoms with van der Waals surface area (Å²) in [5.41, 5.74) is 0.693. The van der Waals surface area contributed by atoms with Gasteiger partial charge in [-0.05, 0) is 31.9 Å². The SMILES string of the molecule is Cc1c(F)cccc1C(=O)CCC(C)NC(=O)O. The van der Waals surface area contributed by atoms with Crippen molar-refractivity contribution in [1.29, 1.82) is 0 Å². The number of ketones is 1. The molecule has 98 valence electrons. The lowest BCUT2D eigenvalue weighted by Gasteiger charge is -2.11. The summed E-state index contributed by atoms with van der Waals surface area (Å²) in [5, 5.41) is 10.8. The molecule has 0 aliphatic heterocycles. The van der Waals surface area contributed by atoms with E-state index < -0.39 is 11.9 Å². The fourth-order valence-electron chi connectivity index (χ4n) is 1.67. The van der Waals surface area contributed by atoms with Crippen LogP contribution in [0.5, 0.6) is 0 Å². The normalized spacial score (nSPS) is 11.9. The molecule has 1 unspecified atom stereocenters. The zero-order valence-electron chi connectivity index (χ0n) is 10.4. The van der Waals surface area contributed by atoms with Crippen molar-refractivity contribution >= 4 is 11.9 Å². The maximum Gasteiger partial charge on any atom is 0.404 e. The molecular formula is C13H16FNO3. The summed E-state index contributed by atoms with van der Waals surface area (Å²) in [6.07, 6.45) is -0.538. The van der Waals surface area contributed by atoms with Crippen molar-refractivity contribution in [3.05, 3.63) is 35.1 Å². The molecule has 5 heteroatoms. The summed E-state index contributed by atoms with van der Waals surface area (Å²) in [7, 11) is 0. The summed E-state index contributed by atoms with van der Waals surface area (Å²) < 4.78 is 13.3. The van der Waals surface area contributed by atoms with Crippen LogP contribution < -0.4 is 5.32 Å². The first-order valence-corrected chi connectivity index (χ1v) is 5.69. The smallest absolute Gasteiger partial charge is 0.404 e. The molecule has 4 nitrogen and oxygen atoms in total. The first kappa shape index (κ1) is 14.2. The summed E-state index contributed by atoms with van der Waals surface area (Å²) in [5.74, 6) is -0.580. The van der Waals surface area contributed by atoms with Crippen LogP contribution >= 0.6 is 0 Å². The van der Waals surface area contributed by atoms with E-state index in [4.69, 9.17) is 5.11 Å². The number of hydrogen-bond donors (Lipinski definition) is 2. The quantitative estimate of drug-likeness (QED) is 0.793. The van der Waals surface area contributed by atoms with Crippen molar-refractivity contribution in [1.82, 2.24) is 5.32 Å². The van der Waals surface area contributed by atoms with Crippen LogP contribution in [0.4, 0.5) is 9.18 Å². The fraction of sp³-hybridized carbons (Fsp3) is 0.385. The Morgan fingerprint density at radius 2 is 2.11 bits per heavy atom. The van der Waals surface area contributed by atoms with Crippen molar-refractivity contribution in [3.63, 3.8) is 0 Å². The minimum Gasteiger partial charge on any atom is -0.465 e. The molecule has 2 N–H and O–H groups in total. The lowest BCUT2D eigenvalue weighted by Crippen LogP contribution is -2.31. The van der Waals surface area contributed by atoms with Gasteiger partial charge in [-0.1, -0.05) is 12.1 Å². The second-order valence-electron chi connectivity index (χ2n) is 4.22. The highest BCUT2D eigenvalue weighted by Gasteiger charge is 2.13. The molecule has 0 heterocycles. The van der Waals surface area contributed by atoms with Crippen molar-refractivity contribution in [2.75, 3.05) is 0 Å². The Bertz CT molecular complexity index is 460. The Labute approximate surface area is 105 Å². The summed E-state index contributed by atoms with van der Waals surface area (Å²) in [6, 6.07) is 4.07. The highest BCUT2D eigenvalue weighted by molar-refractivity contribution is 5.97. The molecule has 0 aromatic heterocycles. The Morgan fingerprint density at radius 1 is 1.44 bits per heavy atom. The molecule has 0 aliphatic carbocycles. The molecule has 1 aromatic rings. The van der Waals surface area contributed by atoms with E-state index in [9.17, 15) is 14.0 Å². The average molecular weight is 253 g/mol. The third-order valence-electron chi connectivity index (χ3n) is 2.74. The van der Waals surface area contributed by atoms with Gasteiger partial charge in [-0.15, -0.1) is 0 Å². The number of carbonyl (C=O) groups is 2. The fourth-order valence-corrected chi connectivity index (χ4v) is 1.67. The van der Waals surface area contributed by atoms with Gasteiger partial charge in [-0.3, -0.25) is 4.79 Å². The van der Waals surface area contributed by atoms with Crippen LogP contribution in [0.15, 0.2) is 18.2 Å². The number of Topliss-reactive ketones (excluding diaryl/α,β-unsaturated/α-hetero) is 1. The van der Waals surface area contributed by atoms with Crippen molar-refractivity contribution in [2.24, 2.45) is 0 Å². The second-order valence-corrected chi connectivity index (χ2v) is 4.22. The molecule has 1 rings (SSSR count). The van der Waals surface area contributed by atoms with E-state index in [1.807, 2.05) is 0 Å². The second kappa shape index (κ2) is 6.14. The van der Waals surface area contributed by atoms with E-state index in [1.165, 1.54) is 12.1 Å². The van der Waals surface area contributed by atoms with Crippen LogP contribution in [-0.2, 0) is 0 Å². The lowest BCUT2D eigenvalue weighted by molar-refractivity contribution is 0.0974. The van der Waals surface area contributed by atoms with Crippen LogP contribution in [0.3, 0.4) is 0 Å². The van der Waals surface area contributed by atoms with Crippen molar-refractivity contribution in [3.8, 4) is 0 Å². The highest BCUT2D eigenvalue weighted by atomic mass is 19.1. The van der Waals surface area contributed by atoms with E-state index >= 15 is 0 Å². The average Bonchev–Trinajstić information content (AvgIpc) is 2.29. The predicted molar refractivity (Wildman–Crippen MR) is 65.3 cm³/mol. The van der Waals surface area contributed by atoms with Gasteiger partial charge in [0.2, 0.25) is 0 Å². The molecule has 0 saturated carbocycles. The number of carbonyl (C=O) groups excluding carboxylic acids is 1. The zero-order valence-corrected chi connectivity index (χ0v) is 10.4. The van der Waals surface area contributed by atoms with Gasteiger partial charge in [0.05, 0.1) is 0 Å². The summed E-state index contributed by atoms with van der Waals surface area (Å²) >= 11 is 0. The predicted octanol–water partition coefficient (Wildman–Crippen LogP) is 2.75. The molecule has 0 radical (unpaired) electrons. The van der Waals surface area contributed by atoms with E-state index in [0.29, 0.717) is 17.5 Å². The Balaban J connectivity index is 2.61. The highest BCUT2D eigenvalue weighted by Crippen LogP contribution is 2.15. The largest absolute Gasteiger partial charge is 0.465 e. The van der Waals surface area contributed by atoms with E-state index in [-0.39, 0.29) is 18.2 Å². The van der Waals surface area contributed by atoms with E-state index in [0.717, 1.165) is 0 Å². The Morgan fingerprint density at radius 3 is 2.72 bits per heavy atom. The van der Waals surface area contributed by atoms with Crippen molar-refractivity contribution in [2.45, 2.75) is 32.7 Å². The third kappa shape index (κ3) is 3.84. The molecule has 0 saturated heterocycles. The molecule has 1 atom stereocenters. The number of benzene rings is 1. The van der Waals surface area contributed by atoms with Gasteiger partial charge >= 0.3 is 6.09 Å².